The normalized spacial score (nSPS) is 10.7. The number of aryl methyl sites for hydroxylation is 2. The van der Waals surface area contributed by atoms with Gasteiger partial charge < -0.3 is 10.1 Å². The zero-order valence-electron chi connectivity index (χ0n) is 12.9. The third-order valence-electron chi connectivity index (χ3n) is 3.29. The van der Waals surface area contributed by atoms with Crippen molar-refractivity contribution in [2.24, 2.45) is 0 Å². The van der Waals surface area contributed by atoms with Crippen molar-refractivity contribution < 1.29 is 9.53 Å². The van der Waals surface area contributed by atoms with Crippen molar-refractivity contribution in [3.8, 4) is 5.75 Å². The van der Waals surface area contributed by atoms with E-state index in [4.69, 9.17) is 4.74 Å². The van der Waals surface area contributed by atoms with E-state index in [1.165, 1.54) is 5.56 Å². The fourth-order valence-electron chi connectivity index (χ4n) is 2.02. The molecule has 0 aliphatic rings. The van der Waals surface area contributed by atoms with Crippen molar-refractivity contribution in [1.82, 2.24) is 10.2 Å². The number of anilines is 1. The van der Waals surface area contributed by atoms with Gasteiger partial charge in [0, 0.05) is 0 Å². The molecule has 1 aromatic heterocycles. The number of nitrogens with one attached hydrogen (secondary N) is 2. The third kappa shape index (κ3) is 3.84. The Morgan fingerprint density at radius 3 is 2.76 bits per heavy atom. The summed E-state index contributed by atoms with van der Waals surface area (Å²) in [5.74, 6) is 0.938. The summed E-state index contributed by atoms with van der Waals surface area (Å²) in [6.07, 6.45) is 0. The minimum Gasteiger partial charge on any atom is -0.484 e. The molecule has 5 heteroatoms. The smallest absolute Gasteiger partial charge is 0.262 e. The summed E-state index contributed by atoms with van der Waals surface area (Å²) in [6.45, 7) is 7.92. The van der Waals surface area contributed by atoms with Crippen molar-refractivity contribution in [3.05, 3.63) is 41.2 Å². The molecule has 2 rings (SSSR count). The maximum atomic E-state index is 11.9. The second kappa shape index (κ2) is 6.43. The highest BCUT2D eigenvalue weighted by Gasteiger charge is 2.11. The monoisotopic (exact) mass is 287 g/mol. The summed E-state index contributed by atoms with van der Waals surface area (Å²) < 4.78 is 5.54. The summed E-state index contributed by atoms with van der Waals surface area (Å²) >= 11 is 0. The number of hydrogen-bond acceptors (Lipinski definition) is 3. The van der Waals surface area contributed by atoms with Gasteiger partial charge in [0.05, 0.1) is 17.1 Å². The van der Waals surface area contributed by atoms with Crippen LogP contribution in [0.25, 0.3) is 0 Å². The van der Waals surface area contributed by atoms with Gasteiger partial charge in [-0.1, -0.05) is 26.0 Å². The van der Waals surface area contributed by atoms with Crippen LogP contribution in [0.1, 0.15) is 36.7 Å². The molecule has 0 saturated heterocycles. The Morgan fingerprint density at radius 1 is 1.38 bits per heavy atom. The first-order valence-corrected chi connectivity index (χ1v) is 7.01. The Kier molecular flexibility index (Phi) is 4.62. The zero-order valence-corrected chi connectivity index (χ0v) is 12.9. The molecule has 1 aromatic carbocycles. The molecular formula is C16H21N3O2. The molecule has 21 heavy (non-hydrogen) atoms. The van der Waals surface area contributed by atoms with E-state index < -0.39 is 0 Å². The first-order chi connectivity index (χ1) is 9.97. The van der Waals surface area contributed by atoms with Crippen molar-refractivity contribution in [2.75, 3.05) is 11.9 Å². The average molecular weight is 287 g/mol. The lowest BCUT2D eigenvalue weighted by molar-refractivity contribution is -0.118. The van der Waals surface area contributed by atoms with E-state index in [0.717, 1.165) is 17.1 Å². The van der Waals surface area contributed by atoms with E-state index in [2.05, 4.69) is 35.4 Å². The number of H-pyrrole nitrogens is 1. The van der Waals surface area contributed by atoms with Crippen LogP contribution in [0.4, 0.5) is 5.69 Å². The van der Waals surface area contributed by atoms with Gasteiger partial charge in [0.15, 0.2) is 6.61 Å². The van der Waals surface area contributed by atoms with Crippen molar-refractivity contribution in [2.45, 2.75) is 33.6 Å². The lowest BCUT2D eigenvalue weighted by atomic mass is 10.0. The summed E-state index contributed by atoms with van der Waals surface area (Å²) in [6, 6.07) is 7.81. The average Bonchev–Trinajstić information content (AvgIpc) is 2.77. The number of aromatic amines is 1. The van der Waals surface area contributed by atoms with Crippen LogP contribution < -0.4 is 10.1 Å². The fraction of sp³-hybridized carbons (Fsp3) is 0.375. The number of nitrogens with zero attached hydrogens (tertiary/aromatic N) is 1. The molecule has 0 aliphatic heterocycles. The molecule has 0 aliphatic carbocycles. The molecular weight excluding hydrogens is 266 g/mol. The van der Waals surface area contributed by atoms with Crippen LogP contribution in [0.2, 0.25) is 0 Å². The van der Waals surface area contributed by atoms with E-state index in [1.54, 1.807) is 0 Å². The van der Waals surface area contributed by atoms with Crippen molar-refractivity contribution in [3.63, 3.8) is 0 Å². The molecule has 0 atom stereocenters. The third-order valence-corrected chi connectivity index (χ3v) is 3.29. The Bertz CT molecular complexity index is 613. The molecule has 112 valence electrons. The van der Waals surface area contributed by atoms with Crippen LogP contribution >= 0.6 is 0 Å². The second-order valence-electron chi connectivity index (χ2n) is 5.37. The second-order valence-corrected chi connectivity index (χ2v) is 5.37. The van der Waals surface area contributed by atoms with Crippen LogP contribution in [-0.2, 0) is 4.79 Å². The molecule has 0 bridgehead atoms. The molecule has 0 spiro atoms. The fourth-order valence-corrected chi connectivity index (χ4v) is 2.02. The highest BCUT2D eigenvalue weighted by atomic mass is 16.5. The molecule has 2 N–H and O–H groups in total. The van der Waals surface area contributed by atoms with Gasteiger partial charge >= 0.3 is 0 Å². The van der Waals surface area contributed by atoms with Gasteiger partial charge in [0.25, 0.3) is 5.91 Å². The van der Waals surface area contributed by atoms with E-state index in [-0.39, 0.29) is 12.5 Å². The maximum absolute atomic E-state index is 11.9. The summed E-state index contributed by atoms with van der Waals surface area (Å²) in [5, 5.41) is 9.68. The van der Waals surface area contributed by atoms with Crippen LogP contribution in [0.3, 0.4) is 0 Å². The highest BCUT2D eigenvalue weighted by Crippen LogP contribution is 2.20. The molecule has 1 heterocycles. The summed E-state index contributed by atoms with van der Waals surface area (Å²) in [4.78, 5) is 11.9. The van der Waals surface area contributed by atoms with Gasteiger partial charge in [-0.05, 0) is 37.5 Å². The van der Waals surface area contributed by atoms with Crippen LogP contribution in [0.15, 0.2) is 24.3 Å². The van der Waals surface area contributed by atoms with Crippen LogP contribution in [0, 0.1) is 13.8 Å². The topological polar surface area (TPSA) is 67.0 Å². The molecule has 2 aromatic rings. The Hall–Kier alpha value is -2.30. The van der Waals surface area contributed by atoms with Crippen LogP contribution in [0.5, 0.6) is 5.75 Å². The Labute approximate surface area is 124 Å². The predicted octanol–water partition coefficient (Wildman–Crippen LogP) is 3.17. The van der Waals surface area contributed by atoms with Gasteiger partial charge in [-0.2, -0.15) is 5.10 Å². The van der Waals surface area contributed by atoms with Crippen LogP contribution in [-0.4, -0.2) is 22.7 Å². The van der Waals surface area contributed by atoms with Crippen molar-refractivity contribution in [1.29, 1.82) is 0 Å². The molecule has 0 saturated carbocycles. The number of carbonyl (C=O) groups is 1. The minimum atomic E-state index is -0.197. The molecule has 5 nitrogen and oxygen atoms in total. The van der Waals surface area contributed by atoms with Gasteiger partial charge in [-0.3, -0.25) is 9.89 Å². The first kappa shape index (κ1) is 15.1. The Balaban J connectivity index is 1.94. The quantitative estimate of drug-likeness (QED) is 0.887. The maximum Gasteiger partial charge on any atom is 0.262 e. The van der Waals surface area contributed by atoms with Crippen molar-refractivity contribution >= 4 is 11.6 Å². The number of benzene rings is 1. The van der Waals surface area contributed by atoms with Gasteiger partial charge in [0.2, 0.25) is 0 Å². The molecule has 0 radical (unpaired) electrons. The van der Waals surface area contributed by atoms with Gasteiger partial charge in [0.1, 0.15) is 5.75 Å². The number of ether oxygens (including phenoxy) is 1. The molecule has 0 unspecified atom stereocenters. The number of amides is 1. The van der Waals surface area contributed by atoms with E-state index in [9.17, 15) is 4.79 Å². The lowest BCUT2D eigenvalue weighted by Crippen LogP contribution is -2.20. The zero-order chi connectivity index (χ0) is 15.4. The number of carbonyl (C=O) groups excluding carboxylic acids is 1. The first-order valence-electron chi connectivity index (χ1n) is 7.01. The Morgan fingerprint density at radius 2 is 2.14 bits per heavy atom. The lowest BCUT2D eigenvalue weighted by Gasteiger charge is -2.10. The van der Waals surface area contributed by atoms with E-state index >= 15 is 0 Å². The summed E-state index contributed by atoms with van der Waals surface area (Å²) in [7, 11) is 0. The van der Waals surface area contributed by atoms with Gasteiger partial charge in [-0.15, -0.1) is 0 Å². The largest absolute Gasteiger partial charge is 0.484 e. The van der Waals surface area contributed by atoms with E-state index in [0.29, 0.717) is 11.7 Å². The number of aromatic nitrogens is 2. The van der Waals surface area contributed by atoms with Gasteiger partial charge in [-0.25, -0.2) is 0 Å². The minimum absolute atomic E-state index is 0.0222. The highest BCUT2D eigenvalue weighted by molar-refractivity contribution is 5.92. The van der Waals surface area contributed by atoms with E-state index in [1.807, 2.05) is 32.0 Å². The SMILES string of the molecule is Cc1n[nH]c(C)c1NC(=O)COc1cccc(C(C)C)c1. The summed E-state index contributed by atoms with van der Waals surface area (Å²) in [5.41, 5.74) is 3.51. The number of hydrogen-bond donors (Lipinski definition) is 2. The molecule has 0 fully saturated rings. The standard InChI is InChI=1S/C16H21N3O2/c1-10(2)13-6-5-7-14(8-13)21-9-15(20)17-16-11(3)18-19-12(16)4/h5-8,10H,9H2,1-4H3,(H,17,20)(H,18,19). The molecule has 1 amide bonds. The predicted molar refractivity (Wildman–Crippen MR) is 82.7 cm³/mol. The number of rotatable bonds is 5.